The third-order valence-corrected chi connectivity index (χ3v) is 9.69. The molecule has 5 rings (SSSR count). The second-order valence-corrected chi connectivity index (χ2v) is 10.9. The summed E-state index contributed by atoms with van der Waals surface area (Å²) in [6.45, 7) is 4.78. The molecule has 2 amide bonds. The summed E-state index contributed by atoms with van der Waals surface area (Å²) in [5.74, 6) is 2.33. The largest absolute Gasteiger partial charge is 0.353 e. The molecule has 31 heavy (non-hydrogen) atoms. The van der Waals surface area contributed by atoms with Gasteiger partial charge in [0.25, 0.3) is 0 Å². The van der Waals surface area contributed by atoms with Gasteiger partial charge in [-0.3, -0.25) is 9.59 Å². The number of benzene rings is 1. The molecule has 0 radical (unpaired) electrons. The van der Waals surface area contributed by atoms with Crippen LogP contribution in [0, 0.1) is 45.8 Å². The van der Waals surface area contributed by atoms with Crippen LogP contribution in [0.3, 0.4) is 0 Å². The van der Waals surface area contributed by atoms with Gasteiger partial charge in [0.05, 0.1) is 11.6 Å². The zero-order valence-electron chi connectivity index (χ0n) is 18.6. The van der Waals surface area contributed by atoms with Gasteiger partial charge in [-0.25, -0.2) is 0 Å². The van der Waals surface area contributed by atoms with Gasteiger partial charge in [-0.1, -0.05) is 13.8 Å². The third-order valence-electron chi connectivity index (χ3n) is 9.69. The maximum Gasteiger partial charge on any atom is 0.228 e. The number of hydrogen-bond donors (Lipinski definition) is 2. The van der Waals surface area contributed by atoms with Gasteiger partial charge in [0.15, 0.2) is 0 Å². The van der Waals surface area contributed by atoms with Gasteiger partial charge in [0.1, 0.15) is 0 Å². The number of carbonyl (C=O) groups excluding carboxylic acids is 2. The normalized spacial score (nSPS) is 41.2. The highest BCUT2D eigenvalue weighted by Gasteiger charge is 2.61. The van der Waals surface area contributed by atoms with Gasteiger partial charge in [0, 0.05) is 24.1 Å². The molecular formula is C26H33N3O2. The highest BCUT2D eigenvalue weighted by Crippen LogP contribution is 2.65. The average Bonchev–Trinajstić information content (AvgIpc) is 3.12. The van der Waals surface area contributed by atoms with Crippen LogP contribution in [0.25, 0.3) is 0 Å². The third kappa shape index (κ3) is 3.18. The van der Waals surface area contributed by atoms with Crippen LogP contribution in [0.4, 0.5) is 5.69 Å². The van der Waals surface area contributed by atoms with Crippen LogP contribution in [0.2, 0.25) is 0 Å². The van der Waals surface area contributed by atoms with Gasteiger partial charge < -0.3 is 10.6 Å². The summed E-state index contributed by atoms with van der Waals surface area (Å²) in [7, 11) is 0. The summed E-state index contributed by atoms with van der Waals surface area (Å²) in [5, 5.41) is 15.4. The zero-order chi connectivity index (χ0) is 21.8. The topological polar surface area (TPSA) is 82.0 Å². The molecule has 5 heteroatoms. The number of rotatable bonds is 2. The Balaban J connectivity index is 1.33. The van der Waals surface area contributed by atoms with Crippen molar-refractivity contribution in [3.05, 3.63) is 29.8 Å². The minimum absolute atomic E-state index is 0.0469. The van der Waals surface area contributed by atoms with Crippen molar-refractivity contribution in [2.45, 2.75) is 71.3 Å². The van der Waals surface area contributed by atoms with Crippen molar-refractivity contribution in [1.82, 2.24) is 5.32 Å². The van der Waals surface area contributed by atoms with Gasteiger partial charge >= 0.3 is 0 Å². The van der Waals surface area contributed by atoms with Crippen molar-refractivity contribution in [3.8, 4) is 6.07 Å². The number of hydrogen-bond acceptors (Lipinski definition) is 3. The summed E-state index contributed by atoms with van der Waals surface area (Å²) in [4.78, 5) is 25.3. The van der Waals surface area contributed by atoms with Crippen molar-refractivity contribution in [2.24, 2.45) is 34.5 Å². The molecule has 5 nitrogen and oxygen atoms in total. The minimum Gasteiger partial charge on any atom is -0.353 e. The monoisotopic (exact) mass is 419 g/mol. The lowest BCUT2D eigenvalue weighted by molar-refractivity contribution is -0.140. The summed E-state index contributed by atoms with van der Waals surface area (Å²) >= 11 is 0. The molecule has 0 spiro atoms. The molecule has 3 saturated carbocycles. The van der Waals surface area contributed by atoms with Gasteiger partial charge in [0.2, 0.25) is 11.8 Å². The van der Waals surface area contributed by atoms with Crippen LogP contribution in [0.5, 0.6) is 0 Å². The number of anilines is 1. The van der Waals surface area contributed by atoms with E-state index in [9.17, 15) is 9.59 Å². The highest BCUT2D eigenvalue weighted by molar-refractivity contribution is 5.93. The molecule has 1 aromatic rings. The van der Waals surface area contributed by atoms with Crippen LogP contribution in [0.15, 0.2) is 24.3 Å². The Hall–Kier alpha value is -2.35. The molecule has 0 bridgehead atoms. The molecule has 164 valence electrons. The summed E-state index contributed by atoms with van der Waals surface area (Å²) in [6.07, 6.45) is 8.29. The Bertz CT molecular complexity index is 935. The van der Waals surface area contributed by atoms with Crippen LogP contribution >= 0.6 is 0 Å². The molecule has 4 fully saturated rings. The lowest BCUT2D eigenvalue weighted by Crippen LogP contribution is -2.61. The lowest BCUT2D eigenvalue weighted by Gasteiger charge is -2.60. The number of nitriles is 1. The fourth-order valence-electron chi connectivity index (χ4n) is 7.99. The van der Waals surface area contributed by atoms with E-state index in [0.717, 1.165) is 37.8 Å². The molecule has 1 aliphatic heterocycles. The van der Waals surface area contributed by atoms with Crippen LogP contribution in [-0.4, -0.2) is 17.9 Å². The van der Waals surface area contributed by atoms with Crippen LogP contribution in [0.1, 0.15) is 70.8 Å². The van der Waals surface area contributed by atoms with Crippen LogP contribution in [-0.2, 0) is 9.59 Å². The Labute approximate surface area is 185 Å². The zero-order valence-corrected chi connectivity index (χ0v) is 18.6. The smallest absolute Gasteiger partial charge is 0.228 e. The summed E-state index contributed by atoms with van der Waals surface area (Å²) in [5.41, 5.74) is 1.64. The highest BCUT2D eigenvalue weighted by atomic mass is 16.2. The summed E-state index contributed by atoms with van der Waals surface area (Å²) in [6, 6.07) is 9.60. The van der Waals surface area contributed by atoms with Crippen molar-refractivity contribution >= 4 is 17.5 Å². The van der Waals surface area contributed by atoms with E-state index < -0.39 is 0 Å². The van der Waals surface area contributed by atoms with E-state index in [2.05, 4.69) is 30.6 Å². The Kier molecular flexibility index (Phi) is 4.88. The summed E-state index contributed by atoms with van der Waals surface area (Å²) < 4.78 is 0. The predicted molar refractivity (Wildman–Crippen MR) is 119 cm³/mol. The van der Waals surface area contributed by atoms with E-state index in [0.29, 0.717) is 35.8 Å². The Morgan fingerprint density at radius 2 is 1.77 bits per heavy atom. The van der Waals surface area contributed by atoms with Gasteiger partial charge in [-0.2, -0.15) is 5.26 Å². The fraction of sp³-hybridized carbons (Fsp3) is 0.654. The first-order valence-electron chi connectivity index (χ1n) is 12.0. The average molecular weight is 420 g/mol. The molecule has 4 aliphatic rings. The molecule has 1 saturated heterocycles. The molecule has 2 unspecified atom stereocenters. The van der Waals surface area contributed by atoms with E-state index in [1.807, 2.05) is 12.1 Å². The maximum atomic E-state index is 13.3. The molecule has 1 heterocycles. The lowest BCUT2D eigenvalue weighted by atomic mass is 9.47. The Morgan fingerprint density at radius 1 is 1.03 bits per heavy atom. The standard InChI is InChI=1S/C26H33N3O2/c1-25-13-11-20-18(7-10-22-26(20,2)14-12-23(30)29-22)19(25)8-9-21(25)24(31)28-17-5-3-16(15-27)4-6-17/h3-6,18-22H,7-14H2,1-2H3,(H,28,31)(H,29,30)/t18-,19-,20+,21?,22?,25-,26+/m0/s1. The second kappa shape index (κ2) is 7.36. The molecule has 1 aromatic carbocycles. The predicted octanol–water partition coefficient (Wildman–Crippen LogP) is 4.63. The Morgan fingerprint density at radius 3 is 2.52 bits per heavy atom. The van der Waals surface area contributed by atoms with E-state index in [4.69, 9.17) is 5.26 Å². The second-order valence-electron chi connectivity index (χ2n) is 10.9. The molecular weight excluding hydrogens is 386 g/mol. The number of amides is 2. The number of piperidine rings is 1. The molecule has 7 atom stereocenters. The van der Waals surface area contributed by atoms with Crippen LogP contribution < -0.4 is 10.6 Å². The molecule has 3 aliphatic carbocycles. The van der Waals surface area contributed by atoms with E-state index >= 15 is 0 Å². The number of nitrogens with zero attached hydrogens (tertiary/aromatic N) is 1. The van der Waals surface area contributed by atoms with E-state index in [-0.39, 0.29) is 28.6 Å². The van der Waals surface area contributed by atoms with Crippen molar-refractivity contribution in [2.75, 3.05) is 5.32 Å². The molecule has 0 aromatic heterocycles. The van der Waals surface area contributed by atoms with Gasteiger partial charge in [-0.15, -0.1) is 0 Å². The quantitative estimate of drug-likeness (QED) is 0.733. The van der Waals surface area contributed by atoms with Crippen molar-refractivity contribution in [3.63, 3.8) is 0 Å². The van der Waals surface area contributed by atoms with E-state index in [1.54, 1.807) is 12.1 Å². The van der Waals surface area contributed by atoms with Crippen molar-refractivity contribution < 1.29 is 9.59 Å². The van der Waals surface area contributed by atoms with Crippen molar-refractivity contribution in [1.29, 1.82) is 5.26 Å². The molecule has 2 N–H and O–H groups in total. The minimum atomic E-state index is 0.0469. The SMILES string of the molecule is C[C@]12CCC(=O)NC1CC[C@@H]1[C@H]2CC[C@]2(C)C(C(=O)Nc3ccc(C#N)cc3)CC[C@@H]12. The number of carbonyl (C=O) groups is 2. The fourth-order valence-corrected chi connectivity index (χ4v) is 7.99. The van der Waals surface area contributed by atoms with E-state index in [1.165, 1.54) is 12.8 Å². The number of nitrogens with one attached hydrogen (secondary N) is 2. The first-order chi connectivity index (χ1) is 14.8. The van der Waals surface area contributed by atoms with Gasteiger partial charge in [-0.05, 0) is 97.8 Å². The first-order valence-corrected chi connectivity index (χ1v) is 12.0. The maximum absolute atomic E-state index is 13.3. The first kappa shape index (κ1) is 20.5. The number of fused-ring (bicyclic) bond motifs is 5.